The summed E-state index contributed by atoms with van der Waals surface area (Å²) in [5.41, 5.74) is 2.34. The van der Waals surface area contributed by atoms with Crippen molar-refractivity contribution in [2.45, 2.75) is 17.7 Å². The Morgan fingerprint density at radius 2 is 1.78 bits per heavy atom. The largest absolute Gasteiger partial charge is 0.497 e. The van der Waals surface area contributed by atoms with Crippen molar-refractivity contribution < 1.29 is 17.9 Å². The van der Waals surface area contributed by atoms with Gasteiger partial charge in [-0.25, -0.2) is 13.4 Å². The lowest BCUT2D eigenvalue weighted by Crippen LogP contribution is -2.12. The summed E-state index contributed by atoms with van der Waals surface area (Å²) in [6.07, 6.45) is 0.958. The van der Waals surface area contributed by atoms with E-state index in [0.29, 0.717) is 24.0 Å². The van der Waals surface area contributed by atoms with Crippen LogP contribution in [0.4, 0.5) is 10.8 Å². The molecule has 0 saturated heterocycles. The Balaban J connectivity index is 1.40. The summed E-state index contributed by atoms with van der Waals surface area (Å²) < 4.78 is 33.4. The van der Waals surface area contributed by atoms with Gasteiger partial charge in [0, 0.05) is 12.1 Å². The summed E-state index contributed by atoms with van der Waals surface area (Å²) in [5.74, 6) is 0.677. The molecule has 7 nitrogen and oxygen atoms in total. The van der Waals surface area contributed by atoms with Crippen molar-refractivity contribution in [3.8, 4) is 5.75 Å². The van der Waals surface area contributed by atoms with Gasteiger partial charge in [0.1, 0.15) is 5.75 Å². The fourth-order valence-corrected chi connectivity index (χ4v) is 5.25. The van der Waals surface area contributed by atoms with E-state index in [0.717, 1.165) is 16.0 Å². The lowest BCUT2D eigenvalue weighted by Gasteiger charge is -2.06. The number of nitrogens with zero attached hydrogens (tertiary/aromatic N) is 1. The zero-order chi connectivity index (χ0) is 22.6. The van der Waals surface area contributed by atoms with E-state index in [9.17, 15) is 13.2 Å². The van der Waals surface area contributed by atoms with Crippen LogP contribution in [0, 0.1) is 0 Å². The standard InChI is InChI=1S/C23H21N3O4S2/c1-30-18-11-7-16(8-12-18)9-14-22(27)24-17-10-13-20-21(15-17)31-23(25-20)26-32(28,29)19-5-3-2-4-6-19/h2-8,10-13,15H,9,14H2,1H3,(H,24,27)(H,25,26). The minimum Gasteiger partial charge on any atom is -0.497 e. The van der Waals surface area contributed by atoms with Crippen molar-refractivity contribution in [2.75, 3.05) is 17.1 Å². The number of ether oxygens (including phenoxy) is 1. The third-order valence-corrected chi connectivity index (χ3v) is 7.16. The Morgan fingerprint density at radius 3 is 2.50 bits per heavy atom. The SMILES string of the molecule is COc1ccc(CCC(=O)Nc2ccc3nc(NS(=O)(=O)c4ccccc4)sc3c2)cc1. The number of anilines is 2. The van der Waals surface area contributed by atoms with Crippen molar-refractivity contribution in [2.24, 2.45) is 0 Å². The first kappa shape index (κ1) is 21.8. The van der Waals surface area contributed by atoms with Crippen molar-refractivity contribution in [1.82, 2.24) is 4.98 Å². The van der Waals surface area contributed by atoms with Gasteiger partial charge in [-0.1, -0.05) is 41.7 Å². The average molecular weight is 468 g/mol. The molecule has 4 aromatic rings. The van der Waals surface area contributed by atoms with Gasteiger partial charge in [0.25, 0.3) is 10.0 Å². The maximum absolute atomic E-state index is 12.5. The van der Waals surface area contributed by atoms with Gasteiger partial charge in [-0.2, -0.15) is 0 Å². The van der Waals surface area contributed by atoms with Gasteiger partial charge in [-0.05, 0) is 54.4 Å². The molecule has 0 bridgehead atoms. The first-order valence-electron chi connectivity index (χ1n) is 9.84. The number of benzene rings is 3. The molecular formula is C23H21N3O4S2. The van der Waals surface area contributed by atoms with Crippen LogP contribution in [0.2, 0.25) is 0 Å². The fraction of sp³-hybridized carbons (Fsp3) is 0.130. The van der Waals surface area contributed by atoms with Crippen LogP contribution in [-0.4, -0.2) is 26.4 Å². The molecule has 1 heterocycles. The Labute approximate surface area is 190 Å². The van der Waals surface area contributed by atoms with E-state index in [1.54, 1.807) is 43.5 Å². The summed E-state index contributed by atoms with van der Waals surface area (Å²) in [5, 5.41) is 3.16. The minimum absolute atomic E-state index is 0.102. The Bertz CT molecular complexity index is 1330. The molecule has 4 rings (SSSR count). The molecule has 0 radical (unpaired) electrons. The third kappa shape index (κ3) is 5.24. The molecular weight excluding hydrogens is 446 g/mol. The molecule has 0 unspecified atom stereocenters. The van der Waals surface area contributed by atoms with Crippen LogP contribution in [-0.2, 0) is 21.2 Å². The molecule has 9 heteroatoms. The Hall–Kier alpha value is -3.43. The van der Waals surface area contributed by atoms with E-state index in [4.69, 9.17) is 4.74 Å². The van der Waals surface area contributed by atoms with Crippen LogP contribution in [0.25, 0.3) is 10.2 Å². The molecule has 0 saturated carbocycles. The number of carbonyl (C=O) groups is 1. The number of rotatable bonds is 8. The molecule has 0 aliphatic heterocycles. The summed E-state index contributed by atoms with van der Waals surface area (Å²) in [7, 11) is -2.09. The summed E-state index contributed by atoms with van der Waals surface area (Å²) in [6, 6.07) is 21.0. The zero-order valence-electron chi connectivity index (χ0n) is 17.2. The highest BCUT2D eigenvalue weighted by Crippen LogP contribution is 2.30. The number of hydrogen-bond donors (Lipinski definition) is 2. The number of sulfonamides is 1. The number of aromatic nitrogens is 1. The second kappa shape index (κ2) is 9.37. The average Bonchev–Trinajstić information content (AvgIpc) is 3.19. The van der Waals surface area contributed by atoms with E-state index in [1.165, 1.54) is 23.5 Å². The highest BCUT2D eigenvalue weighted by atomic mass is 32.2. The lowest BCUT2D eigenvalue weighted by molar-refractivity contribution is -0.116. The number of nitrogens with one attached hydrogen (secondary N) is 2. The fourth-order valence-electron chi connectivity index (χ4n) is 3.09. The maximum atomic E-state index is 12.5. The lowest BCUT2D eigenvalue weighted by atomic mass is 10.1. The molecule has 0 spiro atoms. The number of thiazole rings is 1. The van der Waals surface area contributed by atoms with E-state index >= 15 is 0 Å². The van der Waals surface area contributed by atoms with Gasteiger partial charge >= 0.3 is 0 Å². The number of amides is 1. The normalized spacial score (nSPS) is 11.3. The number of hydrogen-bond acceptors (Lipinski definition) is 6. The van der Waals surface area contributed by atoms with Crippen LogP contribution in [0.5, 0.6) is 5.75 Å². The minimum atomic E-state index is -3.71. The van der Waals surface area contributed by atoms with Crippen LogP contribution >= 0.6 is 11.3 Å². The van der Waals surface area contributed by atoms with Gasteiger partial charge in [0.05, 0.1) is 22.2 Å². The van der Waals surface area contributed by atoms with Crippen LogP contribution in [0.1, 0.15) is 12.0 Å². The summed E-state index contributed by atoms with van der Waals surface area (Å²) in [6.45, 7) is 0. The molecule has 0 aliphatic rings. The van der Waals surface area contributed by atoms with Crippen LogP contribution in [0.3, 0.4) is 0 Å². The summed E-state index contributed by atoms with van der Waals surface area (Å²) in [4.78, 5) is 16.9. The van der Waals surface area contributed by atoms with Gasteiger partial charge in [0.2, 0.25) is 5.91 Å². The zero-order valence-corrected chi connectivity index (χ0v) is 18.9. The maximum Gasteiger partial charge on any atom is 0.263 e. The van der Waals surface area contributed by atoms with Crippen molar-refractivity contribution >= 4 is 48.3 Å². The molecule has 1 aromatic heterocycles. The highest BCUT2D eigenvalue weighted by molar-refractivity contribution is 7.93. The molecule has 164 valence electrons. The molecule has 3 aromatic carbocycles. The van der Waals surface area contributed by atoms with E-state index in [1.807, 2.05) is 24.3 Å². The highest BCUT2D eigenvalue weighted by Gasteiger charge is 2.16. The predicted octanol–water partition coefficient (Wildman–Crippen LogP) is 4.68. The number of carbonyl (C=O) groups excluding carboxylic acids is 1. The van der Waals surface area contributed by atoms with Gasteiger partial charge in [-0.15, -0.1) is 0 Å². The number of fused-ring (bicyclic) bond motifs is 1. The van der Waals surface area contributed by atoms with Gasteiger partial charge < -0.3 is 10.1 Å². The van der Waals surface area contributed by atoms with Gasteiger partial charge in [-0.3, -0.25) is 9.52 Å². The predicted molar refractivity (Wildman–Crippen MR) is 127 cm³/mol. The molecule has 2 N–H and O–H groups in total. The van der Waals surface area contributed by atoms with E-state index in [2.05, 4.69) is 15.0 Å². The Morgan fingerprint density at radius 1 is 1.03 bits per heavy atom. The molecule has 0 atom stereocenters. The number of aryl methyl sites for hydroxylation is 1. The van der Waals surface area contributed by atoms with Gasteiger partial charge in [0.15, 0.2) is 5.13 Å². The second-order valence-electron chi connectivity index (χ2n) is 7.02. The molecule has 32 heavy (non-hydrogen) atoms. The first-order chi connectivity index (χ1) is 15.4. The molecule has 0 aliphatic carbocycles. The van der Waals surface area contributed by atoms with E-state index < -0.39 is 10.0 Å². The van der Waals surface area contributed by atoms with Crippen molar-refractivity contribution in [1.29, 1.82) is 0 Å². The van der Waals surface area contributed by atoms with E-state index in [-0.39, 0.29) is 15.9 Å². The van der Waals surface area contributed by atoms with Crippen LogP contribution < -0.4 is 14.8 Å². The quantitative estimate of drug-likeness (QED) is 0.392. The van der Waals surface area contributed by atoms with Crippen LogP contribution in [0.15, 0.2) is 77.7 Å². The first-order valence-corrected chi connectivity index (χ1v) is 12.1. The summed E-state index contributed by atoms with van der Waals surface area (Å²) >= 11 is 1.21. The third-order valence-electron chi connectivity index (χ3n) is 4.75. The molecule has 1 amide bonds. The monoisotopic (exact) mass is 467 g/mol. The topological polar surface area (TPSA) is 97.4 Å². The molecule has 0 fully saturated rings. The smallest absolute Gasteiger partial charge is 0.263 e. The van der Waals surface area contributed by atoms with Crippen molar-refractivity contribution in [3.05, 3.63) is 78.4 Å². The second-order valence-corrected chi connectivity index (χ2v) is 9.73. The van der Waals surface area contributed by atoms with Crippen molar-refractivity contribution in [3.63, 3.8) is 0 Å². The Kier molecular flexibility index (Phi) is 6.38. The number of methoxy groups -OCH3 is 1.